The summed E-state index contributed by atoms with van der Waals surface area (Å²) in [6, 6.07) is 10.3. The van der Waals surface area contributed by atoms with Crippen LogP contribution in [0.3, 0.4) is 0 Å². The molecule has 7 nitrogen and oxygen atoms in total. The van der Waals surface area contributed by atoms with Crippen molar-refractivity contribution in [1.29, 1.82) is 0 Å². The number of carbonyl (C=O) groups is 1. The van der Waals surface area contributed by atoms with Gasteiger partial charge in [-0.25, -0.2) is 14.4 Å². The summed E-state index contributed by atoms with van der Waals surface area (Å²) in [5.41, 5.74) is 3.53. The van der Waals surface area contributed by atoms with E-state index in [1.54, 1.807) is 49.1 Å². The fourth-order valence-corrected chi connectivity index (χ4v) is 4.61. The molecule has 35 heavy (non-hydrogen) atoms. The second-order valence-electron chi connectivity index (χ2n) is 9.03. The Hall–Kier alpha value is -3.94. The normalized spacial score (nSPS) is 15.8. The minimum absolute atomic E-state index is 0.0208. The Labute approximate surface area is 203 Å². The Morgan fingerprint density at radius 1 is 1.09 bits per heavy atom. The van der Waals surface area contributed by atoms with E-state index in [4.69, 9.17) is 4.98 Å². The number of pyridine rings is 1. The molecule has 3 aromatic heterocycles. The Bertz CT molecular complexity index is 1320. The molecule has 4 heterocycles. The van der Waals surface area contributed by atoms with Crippen molar-refractivity contribution in [2.24, 2.45) is 13.0 Å². The van der Waals surface area contributed by atoms with Crippen LogP contribution in [-0.2, 0) is 19.9 Å². The lowest BCUT2D eigenvalue weighted by Crippen LogP contribution is -2.40. The van der Waals surface area contributed by atoms with Crippen molar-refractivity contribution in [2.75, 3.05) is 13.1 Å². The first kappa shape index (κ1) is 22.8. The van der Waals surface area contributed by atoms with Crippen LogP contribution in [0.1, 0.15) is 40.2 Å². The first-order chi connectivity index (χ1) is 17.1. The number of aryl methyl sites for hydroxylation is 1. The van der Waals surface area contributed by atoms with Gasteiger partial charge in [-0.3, -0.25) is 14.8 Å². The highest BCUT2D eigenvalue weighted by Crippen LogP contribution is 2.23. The van der Waals surface area contributed by atoms with Gasteiger partial charge in [-0.15, -0.1) is 0 Å². The second kappa shape index (κ2) is 10.1. The summed E-state index contributed by atoms with van der Waals surface area (Å²) >= 11 is 0. The van der Waals surface area contributed by atoms with E-state index in [2.05, 4.69) is 15.0 Å². The van der Waals surface area contributed by atoms with Crippen molar-refractivity contribution in [3.63, 3.8) is 0 Å². The van der Waals surface area contributed by atoms with Crippen LogP contribution in [0.4, 0.5) is 4.39 Å². The van der Waals surface area contributed by atoms with E-state index in [1.165, 1.54) is 6.07 Å². The number of nitrogens with zero attached hydrogens (tertiary/aromatic N) is 6. The molecule has 1 saturated heterocycles. The average Bonchev–Trinajstić information content (AvgIpc) is 3.32. The van der Waals surface area contributed by atoms with Crippen LogP contribution in [0.2, 0.25) is 0 Å². The number of hydrogen-bond donors (Lipinski definition) is 0. The largest absolute Gasteiger partial charge is 0.338 e. The van der Waals surface area contributed by atoms with E-state index in [1.807, 2.05) is 28.8 Å². The van der Waals surface area contributed by atoms with Crippen LogP contribution in [0.5, 0.6) is 0 Å². The molecule has 1 aromatic carbocycles. The number of likely N-dealkylation sites (tertiary alicyclic amines) is 1. The molecular formula is C27H27FN6O. The highest BCUT2D eigenvalue weighted by atomic mass is 19.1. The predicted octanol–water partition coefficient (Wildman–Crippen LogP) is 4.10. The van der Waals surface area contributed by atoms with E-state index in [0.717, 1.165) is 48.7 Å². The molecule has 1 unspecified atom stereocenters. The quantitative estimate of drug-likeness (QED) is 0.424. The van der Waals surface area contributed by atoms with Crippen LogP contribution in [-0.4, -0.2) is 48.4 Å². The molecule has 1 aliphatic heterocycles. The number of carbonyl (C=O) groups excluding carboxylic acids is 1. The SMILES string of the molecule is Cn1ccnc1-c1cncc(CC2CCCN(C(=O)c3ccc(Cc4ccccc4F)nc3)C2)n1. The van der Waals surface area contributed by atoms with Crippen molar-refractivity contribution in [2.45, 2.75) is 25.7 Å². The van der Waals surface area contributed by atoms with Gasteiger partial charge in [-0.2, -0.15) is 0 Å². The summed E-state index contributed by atoms with van der Waals surface area (Å²) in [6.45, 7) is 1.40. The molecule has 0 saturated carbocycles. The van der Waals surface area contributed by atoms with Crippen LogP contribution < -0.4 is 0 Å². The summed E-state index contributed by atoms with van der Waals surface area (Å²) in [5.74, 6) is 0.828. The fourth-order valence-electron chi connectivity index (χ4n) is 4.61. The number of amides is 1. The van der Waals surface area contributed by atoms with Gasteiger partial charge in [0, 0.05) is 57.0 Å². The Morgan fingerprint density at radius 2 is 1.97 bits per heavy atom. The summed E-state index contributed by atoms with van der Waals surface area (Å²) in [5, 5.41) is 0. The van der Waals surface area contributed by atoms with Crippen molar-refractivity contribution < 1.29 is 9.18 Å². The second-order valence-corrected chi connectivity index (χ2v) is 9.03. The van der Waals surface area contributed by atoms with E-state index in [9.17, 15) is 9.18 Å². The summed E-state index contributed by atoms with van der Waals surface area (Å²) < 4.78 is 15.8. The number of imidazole rings is 1. The van der Waals surface area contributed by atoms with Gasteiger partial charge in [0.15, 0.2) is 5.82 Å². The zero-order chi connectivity index (χ0) is 24.2. The van der Waals surface area contributed by atoms with Crippen molar-refractivity contribution >= 4 is 5.91 Å². The lowest BCUT2D eigenvalue weighted by molar-refractivity contribution is 0.0672. The standard InChI is InChI=1S/C27H27FN6O/c1-33-12-10-30-26(33)25-17-29-16-23(32-25)13-19-5-4-11-34(18-19)27(35)21-8-9-22(31-15-21)14-20-6-2-3-7-24(20)28/h2-3,6-10,12,15-17,19H,4-5,11,13-14,18H2,1H3. The number of benzene rings is 1. The van der Waals surface area contributed by atoms with Crippen LogP contribution in [0, 0.1) is 11.7 Å². The molecule has 5 rings (SSSR count). The van der Waals surface area contributed by atoms with Crippen LogP contribution in [0.25, 0.3) is 11.5 Å². The van der Waals surface area contributed by atoms with Gasteiger partial charge in [0.2, 0.25) is 0 Å². The smallest absolute Gasteiger partial charge is 0.255 e. The number of piperidine rings is 1. The molecule has 0 bridgehead atoms. The first-order valence-corrected chi connectivity index (χ1v) is 11.8. The third kappa shape index (κ3) is 5.26. The highest BCUT2D eigenvalue weighted by molar-refractivity contribution is 5.94. The van der Waals surface area contributed by atoms with Crippen LogP contribution in [0.15, 0.2) is 67.4 Å². The van der Waals surface area contributed by atoms with Gasteiger partial charge < -0.3 is 9.47 Å². The van der Waals surface area contributed by atoms with E-state index in [-0.39, 0.29) is 11.7 Å². The molecule has 1 atom stereocenters. The molecule has 1 fully saturated rings. The molecule has 0 N–H and O–H groups in total. The Kier molecular flexibility index (Phi) is 6.61. The summed E-state index contributed by atoms with van der Waals surface area (Å²) in [7, 11) is 1.93. The number of halogens is 1. The molecule has 0 aliphatic carbocycles. The molecule has 0 radical (unpaired) electrons. The maximum atomic E-state index is 13.9. The molecular weight excluding hydrogens is 443 g/mol. The maximum Gasteiger partial charge on any atom is 0.255 e. The lowest BCUT2D eigenvalue weighted by Gasteiger charge is -2.32. The molecule has 8 heteroatoms. The van der Waals surface area contributed by atoms with Gasteiger partial charge in [0.1, 0.15) is 11.5 Å². The predicted molar refractivity (Wildman–Crippen MR) is 130 cm³/mol. The lowest BCUT2D eigenvalue weighted by atomic mass is 9.93. The number of rotatable bonds is 6. The minimum Gasteiger partial charge on any atom is -0.338 e. The van der Waals surface area contributed by atoms with Gasteiger partial charge >= 0.3 is 0 Å². The molecule has 0 spiro atoms. The maximum absolute atomic E-state index is 13.9. The fraction of sp³-hybridized carbons (Fsp3) is 0.296. The van der Waals surface area contributed by atoms with Gasteiger partial charge in [0.25, 0.3) is 5.91 Å². The summed E-state index contributed by atoms with van der Waals surface area (Å²) in [4.78, 5) is 33.0. The molecule has 1 amide bonds. The molecule has 178 valence electrons. The van der Waals surface area contributed by atoms with Crippen molar-refractivity contribution in [1.82, 2.24) is 29.4 Å². The number of hydrogen-bond acceptors (Lipinski definition) is 5. The third-order valence-electron chi connectivity index (χ3n) is 6.44. The topological polar surface area (TPSA) is 76.8 Å². The van der Waals surface area contributed by atoms with E-state index in [0.29, 0.717) is 30.0 Å². The Balaban J connectivity index is 1.22. The minimum atomic E-state index is -0.246. The average molecular weight is 471 g/mol. The van der Waals surface area contributed by atoms with Gasteiger partial charge in [-0.1, -0.05) is 18.2 Å². The molecule has 1 aliphatic rings. The zero-order valence-corrected chi connectivity index (χ0v) is 19.6. The highest BCUT2D eigenvalue weighted by Gasteiger charge is 2.25. The molecule has 4 aromatic rings. The zero-order valence-electron chi connectivity index (χ0n) is 19.6. The van der Waals surface area contributed by atoms with Crippen LogP contribution >= 0.6 is 0 Å². The van der Waals surface area contributed by atoms with E-state index >= 15 is 0 Å². The van der Waals surface area contributed by atoms with Crippen molar-refractivity contribution in [3.05, 3.63) is 95.7 Å². The van der Waals surface area contributed by atoms with Gasteiger partial charge in [-0.05, 0) is 48.9 Å². The third-order valence-corrected chi connectivity index (χ3v) is 6.44. The first-order valence-electron chi connectivity index (χ1n) is 11.8. The van der Waals surface area contributed by atoms with Gasteiger partial charge in [0.05, 0.1) is 17.5 Å². The Morgan fingerprint density at radius 3 is 2.74 bits per heavy atom. The van der Waals surface area contributed by atoms with E-state index < -0.39 is 0 Å². The van der Waals surface area contributed by atoms with Crippen molar-refractivity contribution in [3.8, 4) is 11.5 Å². The number of aromatic nitrogens is 5. The summed E-state index contributed by atoms with van der Waals surface area (Å²) in [6.07, 6.45) is 11.9. The monoisotopic (exact) mass is 470 g/mol.